The molecule has 3 unspecified atom stereocenters. The molecule has 2 N–H and O–H groups in total. The highest BCUT2D eigenvalue weighted by molar-refractivity contribution is 6.31. The van der Waals surface area contributed by atoms with E-state index in [1.807, 2.05) is 6.07 Å². The van der Waals surface area contributed by atoms with E-state index < -0.39 is 29.3 Å². The highest BCUT2D eigenvalue weighted by Crippen LogP contribution is 2.54. The fourth-order valence-electron chi connectivity index (χ4n) is 5.14. The topological polar surface area (TPSA) is 86.7 Å². The number of piperidine rings is 1. The minimum atomic E-state index is -1.33. The molecular formula is C24H22Cl2N2O4. The number of carboxylic acid groups (broad SMARTS) is 1. The van der Waals surface area contributed by atoms with E-state index in [4.69, 9.17) is 23.2 Å². The number of carbonyl (C=O) groups excluding carboxylic acids is 2. The van der Waals surface area contributed by atoms with Crippen molar-refractivity contribution in [3.05, 3.63) is 63.6 Å². The molecule has 1 saturated heterocycles. The maximum atomic E-state index is 14.1. The lowest BCUT2D eigenvalue weighted by molar-refractivity contribution is -0.145. The van der Waals surface area contributed by atoms with Crippen molar-refractivity contribution in [2.45, 2.75) is 37.1 Å². The summed E-state index contributed by atoms with van der Waals surface area (Å²) < 4.78 is 0. The number of halogens is 2. The van der Waals surface area contributed by atoms with E-state index in [9.17, 15) is 19.5 Å². The van der Waals surface area contributed by atoms with Crippen LogP contribution in [0.3, 0.4) is 0 Å². The first kappa shape index (κ1) is 21.3. The lowest BCUT2D eigenvalue weighted by Crippen LogP contribution is -2.61. The van der Waals surface area contributed by atoms with Gasteiger partial charge in [-0.25, -0.2) is 0 Å². The van der Waals surface area contributed by atoms with Gasteiger partial charge in [-0.2, -0.15) is 0 Å². The first-order valence-corrected chi connectivity index (χ1v) is 11.5. The molecule has 8 heteroatoms. The fraction of sp³-hybridized carbons (Fsp3) is 0.375. The molecule has 0 bridgehead atoms. The average molecular weight is 473 g/mol. The Labute approximate surface area is 195 Å². The minimum Gasteiger partial charge on any atom is -0.481 e. The molecule has 2 fully saturated rings. The molecule has 2 amide bonds. The predicted octanol–water partition coefficient (Wildman–Crippen LogP) is 4.34. The summed E-state index contributed by atoms with van der Waals surface area (Å²) in [5.41, 5.74) is 0.861. The summed E-state index contributed by atoms with van der Waals surface area (Å²) in [6, 6.07) is 12.5. The molecule has 0 radical (unpaired) electrons. The van der Waals surface area contributed by atoms with Crippen molar-refractivity contribution >= 4 is 46.7 Å². The molecule has 2 aromatic carbocycles. The number of aliphatic carboxylic acids is 1. The number of carboxylic acids is 1. The zero-order valence-electron chi connectivity index (χ0n) is 17.2. The maximum absolute atomic E-state index is 14.1. The Balaban J connectivity index is 1.68. The Morgan fingerprint density at radius 3 is 2.56 bits per heavy atom. The third-order valence-electron chi connectivity index (χ3n) is 6.80. The molecule has 1 aliphatic carbocycles. The minimum absolute atomic E-state index is 0.200. The quantitative estimate of drug-likeness (QED) is 0.677. The van der Waals surface area contributed by atoms with Gasteiger partial charge in [-0.3, -0.25) is 14.4 Å². The summed E-state index contributed by atoms with van der Waals surface area (Å²) in [6.07, 6.45) is 2.06. The Bertz CT molecular complexity index is 1130. The number of benzene rings is 2. The van der Waals surface area contributed by atoms with Crippen LogP contribution in [0.15, 0.2) is 42.5 Å². The van der Waals surface area contributed by atoms with Gasteiger partial charge < -0.3 is 15.3 Å². The Morgan fingerprint density at radius 2 is 1.88 bits per heavy atom. The fourth-order valence-corrected chi connectivity index (χ4v) is 5.51. The standard InChI is InChI=1S/C24H22Cl2N2O4/c25-16-3-1-2-14(8-16)19-9-15(10-21(29)30)22(31)27-24(19)18-7-6-17(26)11-20(18)28(23(24)32)12-13-4-5-13/h1-3,6-8,11,13,15,19H,4-5,9-10,12H2,(H,27,31)(H,29,30). The van der Waals surface area contributed by atoms with Crippen LogP contribution in [0, 0.1) is 11.8 Å². The molecule has 3 atom stereocenters. The van der Waals surface area contributed by atoms with Gasteiger partial charge in [0.25, 0.3) is 5.91 Å². The Morgan fingerprint density at radius 1 is 1.12 bits per heavy atom. The van der Waals surface area contributed by atoms with Gasteiger partial charge in [-0.05, 0) is 55.0 Å². The van der Waals surface area contributed by atoms with E-state index in [2.05, 4.69) is 5.32 Å². The van der Waals surface area contributed by atoms with Crippen LogP contribution >= 0.6 is 23.2 Å². The van der Waals surface area contributed by atoms with Gasteiger partial charge in [0, 0.05) is 34.0 Å². The zero-order chi connectivity index (χ0) is 22.6. The number of nitrogens with zero attached hydrogens (tertiary/aromatic N) is 1. The number of rotatable bonds is 5. The molecule has 0 aromatic heterocycles. The third kappa shape index (κ3) is 3.46. The molecule has 5 rings (SSSR count). The number of hydrogen-bond acceptors (Lipinski definition) is 3. The lowest BCUT2D eigenvalue weighted by atomic mass is 9.67. The highest BCUT2D eigenvalue weighted by Gasteiger charge is 2.60. The van der Waals surface area contributed by atoms with Crippen LogP contribution in [-0.2, 0) is 19.9 Å². The van der Waals surface area contributed by atoms with Crippen LogP contribution in [0.25, 0.3) is 0 Å². The van der Waals surface area contributed by atoms with Crippen molar-refractivity contribution < 1.29 is 19.5 Å². The SMILES string of the molecule is O=C(O)CC1CC(c2cccc(Cl)c2)C2(NC1=O)C(=O)N(CC1CC1)c1cc(Cl)ccc12. The molecule has 32 heavy (non-hydrogen) atoms. The smallest absolute Gasteiger partial charge is 0.304 e. The van der Waals surface area contributed by atoms with Crippen LogP contribution < -0.4 is 10.2 Å². The van der Waals surface area contributed by atoms with Gasteiger partial charge in [0.1, 0.15) is 0 Å². The zero-order valence-corrected chi connectivity index (χ0v) is 18.7. The molecule has 1 spiro atoms. The second kappa shape index (κ2) is 7.78. The van der Waals surface area contributed by atoms with Gasteiger partial charge in [-0.1, -0.05) is 41.4 Å². The molecule has 6 nitrogen and oxygen atoms in total. The van der Waals surface area contributed by atoms with Crippen molar-refractivity contribution in [2.24, 2.45) is 11.8 Å². The highest BCUT2D eigenvalue weighted by atomic mass is 35.5. The van der Waals surface area contributed by atoms with Crippen LogP contribution in [0.1, 0.15) is 42.7 Å². The van der Waals surface area contributed by atoms with Crippen molar-refractivity contribution in [3.8, 4) is 0 Å². The second-order valence-corrected chi connectivity index (χ2v) is 9.83. The number of nitrogens with one attached hydrogen (secondary N) is 1. The monoisotopic (exact) mass is 472 g/mol. The van der Waals surface area contributed by atoms with E-state index in [0.29, 0.717) is 33.8 Å². The molecule has 166 valence electrons. The van der Waals surface area contributed by atoms with Crippen molar-refractivity contribution in [2.75, 3.05) is 11.4 Å². The summed E-state index contributed by atoms with van der Waals surface area (Å²) >= 11 is 12.6. The third-order valence-corrected chi connectivity index (χ3v) is 7.27. The van der Waals surface area contributed by atoms with Crippen LogP contribution in [0.5, 0.6) is 0 Å². The molecular weight excluding hydrogens is 451 g/mol. The van der Waals surface area contributed by atoms with Gasteiger partial charge in [0.2, 0.25) is 5.91 Å². The Hall–Kier alpha value is -2.57. The van der Waals surface area contributed by atoms with Crippen molar-refractivity contribution in [1.82, 2.24) is 5.32 Å². The molecule has 2 aliphatic heterocycles. The van der Waals surface area contributed by atoms with Crippen LogP contribution in [0.2, 0.25) is 10.0 Å². The number of fused-ring (bicyclic) bond motifs is 2. The summed E-state index contributed by atoms with van der Waals surface area (Å²) in [4.78, 5) is 40.3. The summed E-state index contributed by atoms with van der Waals surface area (Å²) in [5.74, 6) is -2.46. The molecule has 2 aromatic rings. The number of anilines is 1. The summed E-state index contributed by atoms with van der Waals surface area (Å²) in [6.45, 7) is 0.574. The van der Waals surface area contributed by atoms with Gasteiger partial charge >= 0.3 is 5.97 Å². The maximum Gasteiger partial charge on any atom is 0.304 e. The first-order chi connectivity index (χ1) is 15.3. The molecule has 1 saturated carbocycles. The van der Waals surface area contributed by atoms with E-state index in [1.165, 1.54) is 0 Å². The number of hydrogen-bond donors (Lipinski definition) is 2. The van der Waals surface area contributed by atoms with E-state index in [0.717, 1.165) is 18.4 Å². The summed E-state index contributed by atoms with van der Waals surface area (Å²) in [7, 11) is 0. The van der Waals surface area contributed by atoms with Crippen LogP contribution in [-0.4, -0.2) is 29.4 Å². The second-order valence-electron chi connectivity index (χ2n) is 8.96. The van der Waals surface area contributed by atoms with Gasteiger partial charge in [0.15, 0.2) is 5.54 Å². The van der Waals surface area contributed by atoms with E-state index in [-0.39, 0.29) is 18.7 Å². The summed E-state index contributed by atoms with van der Waals surface area (Å²) in [5, 5.41) is 13.4. The lowest BCUT2D eigenvalue weighted by Gasteiger charge is -2.44. The normalized spacial score (nSPS) is 26.9. The van der Waals surface area contributed by atoms with Crippen molar-refractivity contribution in [3.63, 3.8) is 0 Å². The van der Waals surface area contributed by atoms with Gasteiger partial charge in [0.05, 0.1) is 12.1 Å². The first-order valence-electron chi connectivity index (χ1n) is 10.7. The van der Waals surface area contributed by atoms with E-state index >= 15 is 0 Å². The average Bonchev–Trinajstić information content (AvgIpc) is 3.53. The Kier molecular flexibility index (Phi) is 5.18. The van der Waals surface area contributed by atoms with Gasteiger partial charge in [-0.15, -0.1) is 0 Å². The number of amides is 2. The largest absolute Gasteiger partial charge is 0.481 e. The molecule has 3 aliphatic rings. The predicted molar refractivity (Wildman–Crippen MR) is 121 cm³/mol. The van der Waals surface area contributed by atoms with Crippen LogP contribution in [0.4, 0.5) is 5.69 Å². The van der Waals surface area contributed by atoms with Crippen molar-refractivity contribution in [1.29, 1.82) is 0 Å². The van der Waals surface area contributed by atoms with E-state index in [1.54, 1.807) is 41.3 Å². The molecule has 2 heterocycles. The number of carbonyl (C=O) groups is 3.